The number of allylic oxidation sites excluding steroid dienone is 1. The molecule has 15 heavy (non-hydrogen) atoms. The number of carbonyl (C=O) groups is 2. The van der Waals surface area contributed by atoms with E-state index >= 15 is 0 Å². The van der Waals surface area contributed by atoms with Gasteiger partial charge in [0.1, 0.15) is 0 Å². The van der Waals surface area contributed by atoms with E-state index in [-0.39, 0.29) is 11.7 Å². The van der Waals surface area contributed by atoms with Crippen LogP contribution in [0.3, 0.4) is 0 Å². The highest BCUT2D eigenvalue weighted by atomic mass is 16.1. The lowest BCUT2D eigenvalue weighted by atomic mass is 10.1. The first-order chi connectivity index (χ1) is 7.11. The van der Waals surface area contributed by atoms with E-state index in [2.05, 4.69) is 5.32 Å². The Morgan fingerprint density at radius 2 is 1.73 bits per heavy atom. The van der Waals surface area contributed by atoms with E-state index in [1.54, 1.807) is 31.2 Å². The van der Waals surface area contributed by atoms with Gasteiger partial charge in [-0.25, -0.2) is 0 Å². The molecule has 0 bridgehead atoms. The maximum atomic E-state index is 11.7. The van der Waals surface area contributed by atoms with Crippen LogP contribution in [0.25, 0.3) is 0 Å². The van der Waals surface area contributed by atoms with Crippen molar-refractivity contribution in [3.8, 4) is 0 Å². The Morgan fingerprint density at radius 3 is 2.27 bits per heavy atom. The molecule has 1 rings (SSSR count). The predicted octanol–water partition coefficient (Wildman–Crippen LogP) is 1.91. The van der Waals surface area contributed by atoms with Gasteiger partial charge in [0, 0.05) is 24.3 Å². The number of hydrogen-bond acceptors (Lipinski definition) is 2. The highest BCUT2D eigenvalue weighted by Crippen LogP contribution is 2.06. The van der Waals surface area contributed by atoms with Crippen molar-refractivity contribution in [1.29, 1.82) is 0 Å². The first kappa shape index (κ1) is 11.2. The Balaban J connectivity index is 2.77. The van der Waals surface area contributed by atoms with Gasteiger partial charge in [0.2, 0.25) is 5.91 Å². The van der Waals surface area contributed by atoms with Crippen LogP contribution in [0.4, 0.5) is 0 Å². The van der Waals surface area contributed by atoms with Crippen molar-refractivity contribution in [3.63, 3.8) is 0 Å². The number of ketones is 1. The van der Waals surface area contributed by atoms with Gasteiger partial charge in [-0.1, -0.05) is 30.3 Å². The van der Waals surface area contributed by atoms with Gasteiger partial charge in [-0.3, -0.25) is 9.59 Å². The zero-order valence-corrected chi connectivity index (χ0v) is 8.78. The third-order valence-corrected chi connectivity index (χ3v) is 1.89. The van der Waals surface area contributed by atoms with Gasteiger partial charge in [-0.15, -0.1) is 0 Å². The minimum Gasteiger partial charge on any atom is -0.333 e. The Morgan fingerprint density at radius 1 is 1.13 bits per heavy atom. The minimum atomic E-state index is -0.185. The normalized spacial score (nSPS) is 10.9. The quantitative estimate of drug-likeness (QED) is 0.602. The smallest absolute Gasteiger partial charge is 0.220 e. The van der Waals surface area contributed by atoms with Crippen molar-refractivity contribution >= 4 is 11.7 Å². The molecular weight excluding hydrogens is 190 g/mol. The summed E-state index contributed by atoms with van der Waals surface area (Å²) >= 11 is 0. The molecule has 1 aromatic carbocycles. The number of amides is 1. The second-order valence-electron chi connectivity index (χ2n) is 3.22. The van der Waals surface area contributed by atoms with Gasteiger partial charge in [0.15, 0.2) is 5.78 Å². The van der Waals surface area contributed by atoms with Crippen molar-refractivity contribution in [2.45, 2.75) is 13.8 Å². The van der Waals surface area contributed by atoms with E-state index < -0.39 is 0 Å². The lowest BCUT2D eigenvalue weighted by Crippen LogP contribution is -2.14. The first-order valence-electron chi connectivity index (χ1n) is 4.65. The Bertz CT molecular complexity index is 393. The fourth-order valence-electron chi connectivity index (χ4n) is 1.09. The summed E-state index contributed by atoms with van der Waals surface area (Å²) in [5, 5.41) is 2.47. The average Bonchev–Trinajstić information content (AvgIpc) is 2.26. The zero-order valence-electron chi connectivity index (χ0n) is 8.78. The molecule has 0 aromatic heterocycles. The van der Waals surface area contributed by atoms with Crippen molar-refractivity contribution in [2.75, 3.05) is 0 Å². The van der Waals surface area contributed by atoms with Gasteiger partial charge < -0.3 is 5.32 Å². The van der Waals surface area contributed by atoms with Crippen LogP contribution in [0.2, 0.25) is 0 Å². The van der Waals surface area contributed by atoms with Crippen molar-refractivity contribution in [3.05, 3.63) is 47.7 Å². The van der Waals surface area contributed by atoms with E-state index in [1.807, 2.05) is 6.07 Å². The van der Waals surface area contributed by atoms with Crippen LogP contribution in [0.1, 0.15) is 24.2 Å². The van der Waals surface area contributed by atoms with Crippen molar-refractivity contribution < 1.29 is 9.59 Å². The number of nitrogens with one attached hydrogen (secondary N) is 1. The van der Waals surface area contributed by atoms with Gasteiger partial charge in [-0.2, -0.15) is 0 Å². The topological polar surface area (TPSA) is 46.2 Å². The molecule has 78 valence electrons. The van der Waals surface area contributed by atoms with Crippen LogP contribution in [0.15, 0.2) is 42.1 Å². The molecule has 3 nitrogen and oxygen atoms in total. The van der Waals surface area contributed by atoms with E-state index in [9.17, 15) is 9.59 Å². The van der Waals surface area contributed by atoms with Gasteiger partial charge in [-0.05, 0) is 6.92 Å². The minimum absolute atomic E-state index is 0.0793. The molecule has 0 aliphatic heterocycles. The Labute approximate surface area is 88.8 Å². The van der Waals surface area contributed by atoms with Gasteiger partial charge >= 0.3 is 0 Å². The summed E-state index contributed by atoms with van der Waals surface area (Å²) in [7, 11) is 0. The summed E-state index contributed by atoms with van der Waals surface area (Å²) in [5.41, 5.74) is 1.13. The highest BCUT2D eigenvalue weighted by Gasteiger charge is 2.06. The molecule has 1 amide bonds. The lowest BCUT2D eigenvalue weighted by molar-refractivity contribution is -0.118. The Hall–Kier alpha value is -1.90. The molecular formula is C12H13NO2. The van der Waals surface area contributed by atoms with Crippen molar-refractivity contribution in [1.82, 2.24) is 5.32 Å². The summed E-state index contributed by atoms with van der Waals surface area (Å²) in [6, 6.07) is 8.95. The van der Waals surface area contributed by atoms with E-state index in [0.29, 0.717) is 11.1 Å². The largest absolute Gasteiger partial charge is 0.333 e. The van der Waals surface area contributed by atoms with Crippen LogP contribution >= 0.6 is 0 Å². The van der Waals surface area contributed by atoms with Gasteiger partial charge in [0.25, 0.3) is 0 Å². The SMILES string of the molecule is CC(=O)N/C=C(/C)C(=O)c1ccccc1. The highest BCUT2D eigenvalue weighted by molar-refractivity contribution is 6.08. The molecule has 0 aliphatic rings. The van der Waals surface area contributed by atoms with Crippen LogP contribution in [-0.4, -0.2) is 11.7 Å². The van der Waals surface area contributed by atoms with Gasteiger partial charge in [0.05, 0.1) is 0 Å². The zero-order chi connectivity index (χ0) is 11.3. The third kappa shape index (κ3) is 3.38. The van der Waals surface area contributed by atoms with E-state index in [0.717, 1.165) is 0 Å². The van der Waals surface area contributed by atoms with Crippen LogP contribution in [0, 0.1) is 0 Å². The fraction of sp³-hybridized carbons (Fsp3) is 0.167. The molecule has 0 spiro atoms. The number of rotatable bonds is 3. The third-order valence-electron chi connectivity index (χ3n) is 1.89. The predicted molar refractivity (Wildman–Crippen MR) is 58.3 cm³/mol. The number of benzene rings is 1. The molecule has 0 saturated heterocycles. The first-order valence-corrected chi connectivity index (χ1v) is 4.65. The molecule has 3 heteroatoms. The van der Waals surface area contributed by atoms with Crippen LogP contribution < -0.4 is 5.32 Å². The molecule has 0 radical (unpaired) electrons. The molecule has 1 N–H and O–H groups in total. The van der Waals surface area contributed by atoms with Crippen LogP contribution in [0.5, 0.6) is 0 Å². The molecule has 0 atom stereocenters. The van der Waals surface area contributed by atoms with Crippen molar-refractivity contribution in [2.24, 2.45) is 0 Å². The van der Waals surface area contributed by atoms with E-state index in [1.165, 1.54) is 13.1 Å². The number of hydrogen-bond donors (Lipinski definition) is 1. The summed E-state index contributed by atoms with van der Waals surface area (Å²) in [5.74, 6) is -0.264. The maximum Gasteiger partial charge on any atom is 0.220 e. The molecule has 0 aliphatic carbocycles. The molecule has 0 unspecified atom stereocenters. The summed E-state index contributed by atoms with van der Waals surface area (Å²) < 4.78 is 0. The summed E-state index contributed by atoms with van der Waals surface area (Å²) in [6.45, 7) is 3.07. The summed E-state index contributed by atoms with van der Waals surface area (Å²) in [6.07, 6.45) is 1.43. The molecule has 1 aromatic rings. The molecule has 0 fully saturated rings. The van der Waals surface area contributed by atoms with Crippen LogP contribution in [-0.2, 0) is 4.79 Å². The second-order valence-corrected chi connectivity index (χ2v) is 3.22. The number of Topliss-reactive ketones (excluding diaryl/α,β-unsaturated/α-hetero) is 1. The lowest BCUT2D eigenvalue weighted by Gasteiger charge is -2.00. The fourth-order valence-corrected chi connectivity index (χ4v) is 1.09. The molecule has 0 heterocycles. The number of carbonyl (C=O) groups excluding carboxylic acids is 2. The Kier molecular flexibility index (Phi) is 3.80. The average molecular weight is 203 g/mol. The van der Waals surface area contributed by atoms with E-state index in [4.69, 9.17) is 0 Å². The standard InChI is InChI=1S/C12H13NO2/c1-9(8-13-10(2)14)12(15)11-6-4-3-5-7-11/h3-8H,1-2H3,(H,13,14)/b9-8-. The second kappa shape index (κ2) is 5.10. The monoisotopic (exact) mass is 203 g/mol. The molecule has 0 saturated carbocycles. The summed E-state index contributed by atoms with van der Waals surface area (Å²) in [4.78, 5) is 22.4. The maximum absolute atomic E-state index is 11.7.